The smallest absolute Gasteiger partial charge is 0.00203 e. The van der Waals surface area contributed by atoms with Crippen molar-refractivity contribution in [3.8, 4) is 0 Å². The fourth-order valence-electron chi connectivity index (χ4n) is 2.35. The van der Waals surface area contributed by atoms with Crippen LogP contribution in [0.1, 0.15) is 22.3 Å². The van der Waals surface area contributed by atoms with Gasteiger partial charge in [0.25, 0.3) is 0 Å². The van der Waals surface area contributed by atoms with Crippen molar-refractivity contribution in [2.45, 2.75) is 19.3 Å². The molecule has 1 aliphatic rings. The second kappa shape index (κ2) is 3.54. The molecule has 0 unspecified atom stereocenters. The van der Waals surface area contributed by atoms with Crippen molar-refractivity contribution in [1.29, 1.82) is 0 Å². The summed E-state index contributed by atoms with van der Waals surface area (Å²) in [7, 11) is 0. The van der Waals surface area contributed by atoms with E-state index in [0.29, 0.717) is 0 Å². The molecule has 0 aromatic heterocycles. The Labute approximate surface area is 90.6 Å². The summed E-state index contributed by atoms with van der Waals surface area (Å²) in [5.74, 6) is 0. The first-order chi connectivity index (χ1) is 7.43. The molecule has 0 heteroatoms. The topological polar surface area (TPSA) is 0 Å². The third-order valence-corrected chi connectivity index (χ3v) is 3.21. The molecular weight excluding hydrogens is 180 g/mol. The lowest BCUT2D eigenvalue weighted by Gasteiger charge is -2.04. The van der Waals surface area contributed by atoms with Gasteiger partial charge in [-0.15, -0.1) is 0 Å². The SMILES string of the molecule is [c]1ccc2c(c1)CCc1ccccc1C2. The van der Waals surface area contributed by atoms with Crippen molar-refractivity contribution in [1.82, 2.24) is 0 Å². The fourth-order valence-corrected chi connectivity index (χ4v) is 2.35. The number of rotatable bonds is 0. The van der Waals surface area contributed by atoms with Gasteiger partial charge in [-0.25, -0.2) is 0 Å². The summed E-state index contributed by atoms with van der Waals surface area (Å²) in [6.07, 6.45) is 3.41. The molecule has 0 amide bonds. The average molecular weight is 193 g/mol. The number of hydrogen-bond acceptors (Lipinski definition) is 0. The fraction of sp³-hybridized carbons (Fsp3) is 0.200. The van der Waals surface area contributed by atoms with Gasteiger partial charge in [0.15, 0.2) is 0 Å². The Morgan fingerprint density at radius 3 is 2.47 bits per heavy atom. The first kappa shape index (κ1) is 8.72. The lowest BCUT2D eigenvalue weighted by Crippen LogP contribution is -1.91. The highest BCUT2D eigenvalue weighted by Crippen LogP contribution is 2.23. The quantitative estimate of drug-likeness (QED) is 0.603. The van der Waals surface area contributed by atoms with E-state index in [1.54, 1.807) is 0 Å². The summed E-state index contributed by atoms with van der Waals surface area (Å²) in [5, 5.41) is 0. The van der Waals surface area contributed by atoms with Gasteiger partial charge in [-0.05, 0) is 47.6 Å². The highest BCUT2D eigenvalue weighted by Gasteiger charge is 2.11. The minimum absolute atomic E-state index is 1.08. The van der Waals surface area contributed by atoms with Gasteiger partial charge in [0.05, 0.1) is 0 Å². The zero-order chi connectivity index (χ0) is 10.1. The molecule has 0 heterocycles. The van der Waals surface area contributed by atoms with Gasteiger partial charge in [0, 0.05) is 0 Å². The summed E-state index contributed by atoms with van der Waals surface area (Å²) in [6, 6.07) is 18.3. The zero-order valence-electron chi connectivity index (χ0n) is 8.66. The lowest BCUT2D eigenvalue weighted by molar-refractivity contribution is 0.965. The molecule has 0 fully saturated rings. The van der Waals surface area contributed by atoms with E-state index >= 15 is 0 Å². The molecule has 73 valence electrons. The van der Waals surface area contributed by atoms with Crippen molar-refractivity contribution in [3.63, 3.8) is 0 Å². The first-order valence-electron chi connectivity index (χ1n) is 5.48. The Hall–Kier alpha value is -1.56. The molecule has 1 radical (unpaired) electrons. The predicted molar refractivity (Wildman–Crippen MR) is 61.9 cm³/mol. The van der Waals surface area contributed by atoms with Crippen LogP contribution in [0.5, 0.6) is 0 Å². The van der Waals surface area contributed by atoms with Crippen molar-refractivity contribution in [3.05, 3.63) is 70.8 Å². The van der Waals surface area contributed by atoms with Gasteiger partial charge in [-0.3, -0.25) is 0 Å². The summed E-state index contributed by atoms with van der Waals surface area (Å²) >= 11 is 0. The molecule has 0 bridgehead atoms. The van der Waals surface area contributed by atoms with E-state index in [2.05, 4.69) is 42.5 Å². The van der Waals surface area contributed by atoms with E-state index in [1.165, 1.54) is 28.7 Å². The summed E-state index contributed by atoms with van der Waals surface area (Å²) in [5.41, 5.74) is 5.93. The number of hydrogen-bond donors (Lipinski definition) is 0. The average Bonchev–Trinajstić information content (AvgIpc) is 2.48. The van der Waals surface area contributed by atoms with Crippen LogP contribution in [0.4, 0.5) is 0 Å². The molecule has 2 aromatic carbocycles. The molecule has 15 heavy (non-hydrogen) atoms. The summed E-state index contributed by atoms with van der Waals surface area (Å²) in [6.45, 7) is 0. The molecule has 0 saturated carbocycles. The third-order valence-electron chi connectivity index (χ3n) is 3.21. The molecule has 3 rings (SSSR count). The van der Waals surface area contributed by atoms with Crippen LogP contribution < -0.4 is 0 Å². The van der Waals surface area contributed by atoms with Crippen LogP contribution in [0.2, 0.25) is 0 Å². The Balaban J connectivity index is 2.10. The minimum atomic E-state index is 1.08. The second-order valence-electron chi connectivity index (χ2n) is 4.14. The Morgan fingerprint density at radius 2 is 1.53 bits per heavy atom. The standard InChI is InChI=1S/C15H13/c1-3-7-14-11-15-8-4-2-6-13(15)10-9-12(14)5-1/h1,3-8H,9-11H2. The second-order valence-corrected chi connectivity index (χ2v) is 4.14. The predicted octanol–water partition coefficient (Wildman–Crippen LogP) is 3.18. The van der Waals surface area contributed by atoms with Gasteiger partial charge >= 0.3 is 0 Å². The number of fused-ring (bicyclic) bond motifs is 2. The van der Waals surface area contributed by atoms with Crippen LogP contribution in [-0.2, 0) is 19.3 Å². The Kier molecular flexibility index (Phi) is 2.06. The van der Waals surface area contributed by atoms with E-state index in [1.807, 2.05) is 6.07 Å². The molecule has 0 spiro atoms. The molecule has 0 nitrogen and oxygen atoms in total. The summed E-state index contributed by atoms with van der Waals surface area (Å²) in [4.78, 5) is 0. The van der Waals surface area contributed by atoms with Crippen LogP contribution in [0.25, 0.3) is 0 Å². The summed E-state index contributed by atoms with van der Waals surface area (Å²) < 4.78 is 0. The number of aryl methyl sites for hydroxylation is 2. The van der Waals surface area contributed by atoms with Gasteiger partial charge in [0.1, 0.15) is 0 Å². The van der Waals surface area contributed by atoms with E-state index in [4.69, 9.17) is 0 Å². The van der Waals surface area contributed by atoms with Crippen molar-refractivity contribution in [2.24, 2.45) is 0 Å². The molecule has 0 saturated heterocycles. The van der Waals surface area contributed by atoms with Gasteiger partial charge < -0.3 is 0 Å². The molecule has 0 aliphatic heterocycles. The Bertz CT molecular complexity index is 437. The largest absolute Gasteiger partial charge is 0.0620 e. The highest BCUT2D eigenvalue weighted by atomic mass is 14.2. The van der Waals surface area contributed by atoms with E-state index in [0.717, 1.165) is 12.8 Å². The van der Waals surface area contributed by atoms with Crippen LogP contribution in [0.3, 0.4) is 0 Å². The monoisotopic (exact) mass is 193 g/mol. The van der Waals surface area contributed by atoms with E-state index in [-0.39, 0.29) is 0 Å². The molecule has 2 aromatic rings. The van der Waals surface area contributed by atoms with Gasteiger partial charge in [-0.2, -0.15) is 0 Å². The highest BCUT2D eigenvalue weighted by molar-refractivity contribution is 5.39. The zero-order valence-corrected chi connectivity index (χ0v) is 8.66. The normalized spacial score (nSPS) is 13.9. The number of benzene rings is 2. The molecular formula is C15H13. The first-order valence-corrected chi connectivity index (χ1v) is 5.48. The maximum Gasteiger partial charge on any atom is -0.00203 e. The lowest BCUT2D eigenvalue weighted by atomic mass is 10.0. The maximum atomic E-state index is 3.18. The van der Waals surface area contributed by atoms with E-state index < -0.39 is 0 Å². The van der Waals surface area contributed by atoms with Crippen molar-refractivity contribution in [2.75, 3.05) is 0 Å². The molecule has 1 aliphatic carbocycles. The van der Waals surface area contributed by atoms with Crippen molar-refractivity contribution < 1.29 is 0 Å². The third kappa shape index (κ3) is 1.56. The maximum absolute atomic E-state index is 3.18. The van der Waals surface area contributed by atoms with Gasteiger partial charge in [-0.1, -0.05) is 42.5 Å². The molecule has 0 N–H and O–H groups in total. The Morgan fingerprint density at radius 1 is 0.800 bits per heavy atom. The van der Waals surface area contributed by atoms with Crippen LogP contribution in [0.15, 0.2) is 42.5 Å². The minimum Gasteiger partial charge on any atom is -0.0620 e. The van der Waals surface area contributed by atoms with E-state index in [9.17, 15) is 0 Å². The van der Waals surface area contributed by atoms with Crippen LogP contribution >= 0.6 is 0 Å². The van der Waals surface area contributed by atoms with Crippen LogP contribution in [0, 0.1) is 6.07 Å². The van der Waals surface area contributed by atoms with Gasteiger partial charge in [0.2, 0.25) is 0 Å². The van der Waals surface area contributed by atoms with Crippen LogP contribution in [-0.4, -0.2) is 0 Å². The van der Waals surface area contributed by atoms with Crippen molar-refractivity contribution >= 4 is 0 Å². The molecule has 0 atom stereocenters.